The maximum Gasteiger partial charge on any atom is 0.247 e. The lowest BCUT2D eigenvalue weighted by Gasteiger charge is -2.09. The molecular formula is C11H15FN2O3. The molecule has 17 heavy (non-hydrogen) atoms. The Kier molecular flexibility index (Phi) is 4.86. The Morgan fingerprint density at radius 3 is 2.88 bits per heavy atom. The van der Waals surface area contributed by atoms with Crippen LogP contribution in [0.5, 0.6) is 5.75 Å². The van der Waals surface area contributed by atoms with Gasteiger partial charge < -0.3 is 20.9 Å². The van der Waals surface area contributed by atoms with E-state index in [0.717, 1.165) is 0 Å². The van der Waals surface area contributed by atoms with Crippen LogP contribution in [-0.4, -0.2) is 30.8 Å². The highest BCUT2D eigenvalue weighted by atomic mass is 19.1. The third-order valence-corrected chi connectivity index (χ3v) is 2.21. The summed E-state index contributed by atoms with van der Waals surface area (Å²) in [6.07, 6.45) is -1.24. The summed E-state index contributed by atoms with van der Waals surface area (Å²) in [5, 5.41) is 11.9. The highest BCUT2D eigenvalue weighted by Gasteiger charge is 2.09. The van der Waals surface area contributed by atoms with Crippen molar-refractivity contribution in [2.45, 2.75) is 12.6 Å². The zero-order valence-corrected chi connectivity index (χ0v) is 9.44. The summed E-state index contributed by atoms with van der Waals surface area (Å²) in [4.78, 5) is 10.5. The quantitative estimate of drug-likeness (QED) is 0.643. The number of benzene rings is 1. The number of nitrogens with two attached hydrogens (primary N) is 1. The number of halogens is 1. The van der Waals surface area contributed by atoms with Gasteiger partial charge in [-0.2, -0.15) is 0 Å². The maximum absolute atomic E-state index is 13.3. The molecule has 0 heterocycles. The normalized spacial score (nSPS) is 12.2. The Labute approximate surface area is 98.4 Å². The van der Waals surface area contributed by atoms with E-state index in [1.54, 1.807) is 6.07 Å². The molecule has 1 unspecified atom stereocenters. The fourth-order valence-corrected chi connectivity index (χ4v) is 1.27. The minimum Gasteiger partial charge on any atom is -0.494 e. The third kappa shape index (κ3) is 4.01. The molecule has 94 valence electrons. The van der Waals surface area contributed by atoms with Crippen LogP contribution < -0.4 is 15.8 Å². The smallest absolute Gasteiger partial charge is 0.247 e. The number of hydrogen-bond donors (Lipinski definition) is 3. The first-order valence-corrected chi connectivity index (χ1v) is 5.05. The van der Waals surface area contributed by atoms with Gasteiger partial charge in [-0.1, -0.05) is 6.07 Å². The Balaban J connectivity index is 2.47. The van der Waals surface area contributed by atoms with E-state index in [9.17, 15) is 9.18 Å². The van der Waals surface area contributed by atoms with Crippen LogP contribution in [0.2, 0.25) is 0 Å². The number of aliphatic hydroxyl groups is 1. The van der Waals surface area contributed by atoms with Crippen LogP contribution >= 0.6 is 0 Å². The van der Waals surface area contributed by atoms with Gasteiger partial charge in [0.2, 0.25) is 5.91 Å². The average molecular weight is 242 g/mol. The second-order valence-corrected chi connectivity index (χ2v) is 3.52. The maximum atomic E-state index is 13.3. The zero-order valence-electron chi connectivity index (χ0n) is 9.44. The van der Waals surface area contributed by atoms with E-state index < -0.39 is 17.8 Å². The molecule has 1 atom stereocenters. The van der Waals surface area contributed by atoms with Crippen LogP contribution in [0, 0.1) is 5.82 Å². The van der Waals surface area contributed by atoms with Gasteiger partial charge in [-0.15, -0.1) is 0 Å². The van der Waals surface area contributed by atoms with Gasteiger partial charge in [0.1, 0.15) is 6.10 Å². The lowest BCUT2D eigenvalue weighted by atomic mass is 10.2. The summed E-state index contributed by atoms with van der Waals surface area (Å²) in [6, 6.07) is 4.52. The predicted molar refractivity (Wildman–Crippen MR) is 59.9 cm³/mol. The van der Waals surface area contributed by atoms with Crippen LogP contribution in [0.25, 0.3) is 0 Å². The van der Waals surface area contributed by atoms with Gasteiger partial charge in [-0.05, 0) is 17.7 Å². The van der Waals surface area contributed by atoms with E-state index in [1.165, 1.54) is 19.2 Å². The summed E-state index contributed by atoms with van der Waals surface area (Å²) in [5.74, 6) is -1.08. The fraction of sp³-hybridized carbons (Fsp3) is 0.364. The van der Waals surface area contributed by atoms with Crippen molar-refractivity contribution in [1.82, 2.24) is 5.32 Å². The topological polar surface area (TPSA) is 84.6 Å². The number of carbonyl (C=O) groups is 1. The molecule has 1 amide bonds. The van der Waals surface area contributed by atoms with E-state index in [-0.39, 0.29) is 12.3 Å². The van der Waals surface area contributed by atoms with Crippen molar-refractivity contribution >= 4 is 5.91 Å². The summed E-state index contributed by atoms with van der Waals surface area (Å²) in [5.41, 5.74) is 5.55. The van der Waals surface area contributed by atoms with Crippen molar-refractivity contribution in [3.05, 3.63) is 29.6 Å². The number of amides is 1. The van der Waals surface area contributed by atoms with Crippen LogP contribution in [0.1, 0.15) is 5.56 Å². The number of ether oxygens (including phenoxy) is 1. The van der Waals surface area contributed by atoms with Crippen LogP contribution in [-0.2, 0) is 11.3 Å². The van der Waals surface area contributed by atoms with Crippen molar-refractivity contribution in [3.8, 4) is 5.75 Å². The molecular weight excluding hydrogens is 227 g/mol. The molecule has 0 saturated heterocycles. The SMILES string of the molecule is COc1ccc(CNCC(O)C(N)=O)cc1F. The number of nitrogens with one attached hydrogen (secondary N) is 1. The van der Waals surface area contributed by atoms with Crippen molar-refractivity contribution in [2.75, 3.05) is 13.7 Å². The highest BCUT2D eigenvalue weighted by molar-refractivity contribution is 5.78. The molecule has 5 nitrogen and oxygen atoms in total. The molecule has 0 aromatic heterocycles. The molecule has 4 N–H and O–H groups in total. The number of aliphatic hydroxyl groups excluding tert-OH is 1. The second-order valence-electron chi connectivity index (χ2n) is 3.52. The van der Waals surface area contributed by atoms with Gasteiger partial charge in [0.25, 0.3) is 0 Å². The van der Waals surface area contributed by atoms with Crippen LogP contribution in [0.4, 0.5) is 4.39 Å². The standard InChI is InChI=1S/C11H15FN2O3/c1-17-10-3-2-7(4-8(10)12)5-14-6-9(15)11(13)16/h2-4,9,14-15H,5-6H2,1H3,(H2,13,16). The molecule has 0 saturated carbocycles. The highest BCUT2D eigenvalue weighted by Crippen LogP contribution is 2.17. The number of rotatable bonds is 6. The molecule has 0 spiro atoms. The second kappa shape index (κ2) is 6.17. The summed E-state index contributed by atoms with van der Waals surface area (Å²) in [6.45, 7) is 0.355. The van der Waals surface area contributed by atoms with Crippen molar-refractivity contribution < 1.29 is 19.0 Å². The Morgan fingerprint density at radius 1 is 1.65 bits per heavy atom. The molecule has 6 heteroatoms. The molecule has 0 aliphatic carbocycles. The number of hydrogen-bond acceptors (Lipinski definition) is 4. The summed E-state index contributed by atoms with van der Waals surface area (Å²) in [7, 11) is 1.39. The first kappa shape index (κ1) is 13.4. The van der Waals surface area contributed by atoms with Crippen molar-refractivity contribution in [3.63, 3.8) is 0 Å². The van der Waals surface area contributed by atoms with Gasteiger partial charge in [0.15, 0.2) is 11.6 Å². The largest absolute Gasteiger partial charge is 0.494 e. The van der Waals surface area contributed by atoms with Gasteiger partial charge in [0, 0.05) is 13.1 Å². The first-order valence-electron chi connectivity index (χ1n) is 5.05. The molecule has 0 radical (unpaired) electrons. The van der Waals surface area contributed by atoms with E-state index in [4.69, 9.17) is 15.6 Å². The van der Waals surface area contributed by atoms with Crippen molar-refractivity contribution in [2.24, 2.45) is 5.73 Å². The van der Waals surface area contributed by atoms with Crippen LogP contribution in [0.3, 0.4) is 0 Å². The molecule has 0 bridgehead atoms. The first-order chi connectivity index (χ1) is 8.04. The average Bonchev–Trinajstić information content (AvgIpc) is 2.29. The monoisotopic (exact) mass is 242 g/mol. The van der Waals surface area contributed by atoms with Gasteiger partial charge >= 0.3 is 0 Å². The zero-order chi connectivity index (χ0) is 12.8. The Morgan fingerprint density at radius 2 is 2.35 bits per heavy atom. The van der Waals surface area contributed by atoms with Gasteiger partial charge in [0.05, 0.1) is 7.11 Å². The van der Waals surface area contributed by atoms with E-state index in [1.807, 2.05) is 0 Å². The molecule has 1 aromatic rings. The van der Waals surface area contributed by atoms with E-state index in [0.29, 0.717) is 12.1 Å². The molecule has 1 aromatic carbocycles. The molecule has 0 aliphatic rings. The minimum absolute atomic E-state index is 0.0307. The molecule has 0 fully saturated rings. The fourth-order valence-electron chi connectivity index (χ4n) is 1.27. The van der Waals surface area contributed by atoms with Gasteiger partial charge in [-0.25, -0.2) is 4.39 Å². The van der Waals surface area contributed by atoms with Crippen molar-refractivity contribution in [1.29, 1.82) is 0 Å². The minimum atomic E-state index is -1.24. The summed E-state index contributed by atoms with van der Waals surface area (Å²) < 4.78 is 18.1. The lowest BCUT2D eigenvalue weighted by molar-refractivity contribution is -0.125. The summed E-state index contributed by atoms with van der Waals surface area (Å²) >= 11 is 0. The lowest BCUT2D eigenvalue weighted by Crippen LogP contribution is -2.37. The predicted octanol–water partition coefficient (Wildman–Crippen LogP) is -0.230. The van der Waals surface area contributed by atoms with E-state index >= 15 is 0 Å². The van der Waals surface area contributed by atoms with Crippen LogP contribution in [0.15, 0.2) is 18.2 Å². The van der Waals surface area contributed by atoms with E-state index in [2.05, 4.69) is 5.32 Å². The number of methoxy groups -OCH3 is 1. The Hall–Kier alpha value is -1.66. The molecule has 1 rings (SSSR count). The molecule has 0 aliphatic heterocycles. The number of carbonyl (C=O) groups excluding carboxylic acids is 1. The number of primary amides is 1. The van der Waals surface area contributed by atoms with Gasteiger partial charge in [-0.3, -0.25) is 4.79 Å². The third-order valence-electron chi connectivity index (χ3n) is 2.21. The Bertz CT molecular complexity index is 398.